The van der Waals surface area contributed by atoms with Gasteiger partial charge in [0.05, 0.1) is 12.7 Å². The van der Waals surface area contributed by atoms with Gasteiger partial charge in [0.15, 0.2) is 12.3 Å². The summed E-state index contributed by atoms with van der Waals surface area (Å²) in [7, 11) is 0. The van der Waals surface area contributed by atoms with Crippen molar-refractivity contribution in [2.24, 2.45) is 0 Å². The average molecular weight is 453 g/mol. The smallest absolute Gasteiger partial charge is 0.357 e. The number of amides is 1. The molecule has 0 spiro atoms. The summed E-state index contributed by atoms with van der Waals surface area (Å²) in [5.41, 5.74) is 1.46. The molecular formula is C23H27N5O5. The Hall–Kier alpha value is -3.69. The first-order chi connectivity index (χ1) is 16.0. The molecule has 0 saturated heterocycles. The maximum absolute atomic E-state index is 13.2. The number of aryl methyl sites for hydroxylation is 1. The van der Waals surface area contributed by atoms with Gasteiger partial charge in [-0.15, -0.1) is 5.10 Å². The number of aromatic carboxylic acids is 1. The van der Waals surface area contributed by atoms with Gasteiger partial charge >= 0.3 is 5.97 Å². The number of rotatable bonds is 9. The lowest BCUT2D eigenvalue weighted by molar-refractivity contribution is -0.137. The molecule has 0 unspecified atom stereocenters. The number of carboxylic acids is 1. The van der Waals surface area contributed by atoms with E-state index in [4.69, 9.17) is 14.3 Å². The van der Waals surface area contributed by atoms with Crippen LogP contribution in [0.25, 0.3) is 0 Å². The van der Waals surface area contributed by atoms with Crippen molar-refractivity contribution >= 4 is 11.9 Å². The summed E-state index contributed by atoms with van der Waals surface area (Å²) in [5.74, 6) is -0.319. The minimum atomic E-state index is -1.15. The van der Waals surface area contributed by atoms with E-state index in [1.807, 2.05) is 36.1 Å². The standard InChI is InChI=1S/C23H27N5O5/c1-16-7-5-6-10-20(16)32-15-22(29)28(18-8-3-2-4-9-18)12-17-11-27(26-25-17)13-21-24-19(14-33-21)23(30)31/h5-7,10-11,14,18H,2-4,8-9,12-13,15H2,1H3,(H,30,31). The van der Waals surface area contributed by atoms with Crippen molar-refractivity contribution in [3.63, 3.8) is 0 Å². The minimum Gasteiger partial charge on any atom is -0.484 e. The van der Waals surface area contributed by atoms with Crippen LogP contribution in [0.5, 0.6) is 5.75 Å². The molecule has 1 aromatic carbocycles. The van der Waals surface area contributed by atoms with Crippen LogP contribution in [-0.2, 0) is 17.9 Å². The maximum Gasteiger partial charge on any atom is 0.357 e. The fraction of sp³-hybridized carbons (Fsp3) is 0.435. The number of ether oxygens (including phenoxy) is 1. The summed E-state index contributed by atoms with van der Waals surface area (Å²) in [6, 6.07) is 7.77. The third kappa shape index (κ3) is 5.76. The molecule has 4 rings (SSSR count). The highest BCUT2D eigenvalue weighted by Gasteiger charge is 2.27. The van der Waals surface area contributed by atoms with Crippen molar-refractivity contribution in [1.29, 1.82) is 0 Å². The summed E-state index contributed by atoms with van der Waals surface area (Å²) in [6.45, 7) is 2.38. The fourth-order valence-corrected chi connectivity index (χ4v) is 4.04. The van der Waals surface area contributed by atoms with E-state index < -0.39 is 5.97 Å². The summed E-state index contributed by atoms with van der Waals surface area (Å²) in [6.07, 6.45) is 8.09. The van der Waals surface area contributed by atoms with E-state index in [0.29, 0.717) is 18.0 Å². The van der Waals surface area contributed by atoms with Crippen LogP contribution in [0.2, 0.25) is 0 Å². The zero-order valence-corrected chi connectivity index (χ0v) is 18.5. The van der Waals surface area contributed by atoms with E-state index in [-0.39, 0.29) is 36.7 Å². The van der Waals surface area contributed by atoms with Crippen molar-refractivity contribution in [3.05, 3.63) is 59.6 Å². The van der Waals surface area contributed by atoms with Gasteiger partial charge in [0.1, 0.15) is 24.3 Å². The molecule has 1 N–H and O–H groups in total. The monoisotopic (exact) mass is 453 g/mol. The molecule has 1 aliphatic carbocycles. The van der Waals surface area contributed by atoms with Gasteiger partial charge in [-0.3, -0.25) is 4.79 Å². The van der Waals surface area contributed by atoms with E-state index in [0.717, 1.165) is 37.5 Å². The number of nitrogens with zero attached hydrogens (tertiary/aromatic N) is 5. The predicted octanol–water partition coefficient (Wildman–Crippen LogP) is 3.06. The molecule has 1 fully saturated rings. The number of hydrogen-bond donors (Lipinski definition) is 1. The van der Waals surface area contributed by atoms with Gasteiger partial charge in [0.25, 0.3) is 5.91 Å². The van der Waals surface area contributed by atoms with Gasteiger partial charge in [0, 0.05) is 6.04 Å². The van der Waals surface area contributed by atoms with Gasteiger partial charge in [-0.1, -0.05) is 42.7 Å². The summed E-state index contributed by atoms with van der Waals surface area (Å²) >= 11 is 0. The van der Waals surface area contributed by atoms with Crippen LogP contribution in [0.15, 0.2) is 41.1 Å². The Labute approximate surface area is 191 Å². The lowest BCUT2D eigenvalue weighted by atomic mass is 9.94. The molecule has 3 aromatic rings. The van der Waals surface area contributed by atoms with Gasteiger partial charge in [-0.2, -0.15) is 0 Å². The van der Waals surface area contributed by atoms with Crippen molar-refractivity contribution in [2.45, 2.75) is 58.2 Å². The lowest BCUT2D eigenvalue weighted by Gasteiger charge is -2.34. The molecule has 0 bridgehead atoms. The van der Waals surface area contributed by atoms with E-state index >= 15 is 0 Å². The Balaban J connectivity index is 1.43. The van der Waals surface area contributed by atoms with Gasteiger partial charge in [-0.05, 0) is 31.4 Å². The average Bonchev–Trinajstić information content (AvgIpc) is 3.47. The van der Waals surface area contributed by atoms with Crippen molar-refractivity contribution in [1.82, 2.24) is 24.9 Å². The SMILES string of the molecule is Cc1ccccc1OCC(=O)N(Cc1cn(Cc2nc(C(=O)O)co2)nn1)C1CCCCC1. The van der Waals surface area contributed by atoms with Gasteiger partial charge < -0.3 is 19.2 Å². The molecule has 0 atom stereocenters. The second-order valence-electron chi connectivity index (χ2n) is 8.21. The van der Waals surface area contributed by atoms with E-state index in [2.05, 4.69) is 15.3 Å². The maximum atomic E-state index is 13.2. The Morgan fingerprint density at radius 2 is 2.03 bits per heavy atom. The van der Waals surface area contributed by atoms with Crippen LogP contribution >= 0.6 is 0 Å². The van der Waals surface area contributed by atoms with Crippen LogP contribution < -0.4 is 4.74 Å². The number of benzene rings is 1. The molecule has 33 heavy (non-hydrogen) atoms. The number of aromatic nitrogens is 4. The highest BCUT2D eigenvalue weighted by molar-refractivity contribution is 5.84. The Morgan fingerprint density at radius 1 is 1.24 bits per heavy atom. The lowest BCUT2D eigenvalue weighted by Crippen LogP contribution is -2.43. The molecule has 0 radical (unpaired) electrons. The first-order valence-corrected chi connectivity index (χ1v) is 11.0. The van der Waals surface area contributed by atoms with Crippen LogP contribution in [-0.4, -0.2) is 54.5 Å². The molecule has 10 heteroatoms. The number of carboxylic acid groups (broad SMARTS) is 1. The topological polar surface area (TPSA) is 124 Å². The molecule has 174 valence electrons. The zero-order valence-electron chi connectivity index (χ0n) is 18.5. The Kier molecular flexibility index (Phi) is 7.01. The molecule has 1 amide bonds. The normalized spacial score (nSPS) is 14.2. The molecule has 2 aromatic heterocycles. The van der Waals surface area contributed by atoms with Crippen LogP contribution in [0.3, 0.4) is 0 Å². The zero-order chi connectivity index (χ0) is 23.2. The third-order valence-corrected chi connectivity index (χ3v) is 5.77. The largest absolute Gasteiger partial charge is 0.484 e. The fourth-order valence-electron chi connectivity index (χ4n) is 4.04. The molecule has 1 aliphatic rings. The summed E-state index contributed by atoms with van der Waals surface area (Å²) in [5, 5.41) is 17.2. The second kappa shape index (κ2) is 10.3. The second-order valence-corrected chi connectivity index (χ2v) is 8.21. The highest BCUT2D eigenvalue weighted by Crippen LogP contribution is 2.24. The van der Waals surface area contributed by atoms with E-state index in [9.17, 15) is 9.59 Å². The third-order valence-electron chi connectivity index (χ3n) is 5.77. The Bertz CT molecular complexity index is 1100. The Morgan fingerprint density at radius 3 is 2.76 bits per heavy atom. The first-order valence-electron chi connectivity index (χ1n) is 11.0. The number of hydrogen-bond acceptors (Lipinski definition) is 7. The van der Waals surface area contributed by atoms with Gasteiger partial charge in [0.2, 0.25) is 5.89 Å². The van der Waals surface area contributed by atoms with Crippen molar-refractivity contribution in [2.75, 3.05) is 6.61 Å². The summed E-state index contributed by atoms with van der Waals surface area (Å²) in [4.78, 5) is 29.9. The number of carbonyl (C=O) groups is 2. The van der Waals surface area contributed by atoms with E-state index in [1.165, 1.54) is 11.1 Å². The quantitative estimate of drug-likeness (QED) is 0.524. The molecule has 2 heterocycles. The predicted molar refractivity (Wildman–Crippen MR) is 117 cm³/mol. The number of para-hydroxylation sites is 1. The van der Waals surface area contributed by atoms with Crippen molar-refractivity contribution < 1.29 is 23.8 Å². The van der Waals surface area contributed by atoms with Crippen molar-refractivity contribution in [3.8, 4) is 5.75 Å². The van der Waals surface area contributed by atoms with Crippen LogP contribution in [0, 0.1) is 6.92 Å². The number of oxazole rings is 1. The highest BCUT2D eigenvalue weighted by atomic mass is 16.5. The van der Waals surface area contributed by atoms with E-state index in [1.54, 1.807) is 6.20 Å². The molecule has 10 nitrogen and oxygen atoms in total. The van der Waals surface area contributed by atoms with Crippen LogP contribution in [0.4, 0.5) is 0 Å². The summed E-state index contributed by atoms with van der Waals surface area (Å²) < 4.78 is 12.5. The minimum absolute atomic E-state index is 0.0379. The van der Waals surface area contributed by atoms with Crippen LogP contribution in [0.1, 0.15) is 59.7 Å². The van der Waals surface area contributed by atoms with Gasteiger partial charge in [-0.25, -0.2) is 14.5 Å². The molecule has 1 saturated carbocycles. The molecular weight excluding hydrogens is 426 g/mol. The molecule has 0 aliphatic heterocycles. The number of carbonyl (C=O) groups excluding carboxylic acids is 1. The first kappa shape index (κ1) is 22.5.